The molecule has 0 aliphatic carbocycles. The number of benzene rings is 2. The lowest BCUT2D eigenvalue weighted by Crippen LogP contribution is -2.19. The van der Waals surface area contributed by atoms with Crippen LogP contribution in [0.1, 0.15) is 43.0 Å². The average Bonchev–Trinajstić information content (AvgIpc) is 3.41. The van der Waals surface area contributed by atoms with Gasteiger partial charge in [0, 0.05) is 32.9 Å². The van der Waals surface area contributed by atoms with Crippen LogP contribution < -0.4 is 16.0 Å². The number of hydrogen-bond donors (Lipinski definition) is 3. The van der Waals surface area contributed by atoms with Crippen LogP contribution in [0.15, 0.2) is 53.1 Å². The first-order valence-corrected chi connectivity index (χ1v) is 11.6. The van der Waals surface area contributed by atoms with Crippen molar-refractivity contribution in [1.29, 1.82) is 0 Å². The highest BCUT2D eigenvalue weighted by Gasteiger charge is 2.20. The number of nitrogens with zero attached hydrogens (tertiary/aromatic N) is 4. The van der Waals surface area contributed by atoms with Crippen LogP contribution in [0.4, 0.5) is 22.0 Å². The maximum absolute atomic E-state index is 12.7. The molecule has 0 saturated carbocycles. The minimum absolute atomic E-state index is 0.0209. The third-order valence-corrected chi connectivity index (χ3v) is 5.39. The number of hydrogen-bond acceptors (Lipinski definition) is 6. The van der Waals surface area contributed by atoms with Gasteiger partial charge in [0.05, 0.1) is 5.69 Å². The Morgan fingerprint density at radius 2 is 1.53 bits per heavy atom. The van der Waals surface area contributed by atoms with E-state index in [1.807, 2.05) is 20.8 Å². The minimum atomic E-state index is -0.496. The Bertz CT molecular complexity index is 1400. The number of amides is 3. The van der Waals surface area contributed by atoms with Gasteiger partial charge in [0.2, 0.25) is 5.82 Å². The van der Waals surface area contributed by atoms with Gasteiger partial charge in [-0.3, -0.25) is 10.1 Å². The summed E-state index contributed by atoms with van der Waals surface area (Å²) < 4.78 is 6.74. The smallest absolute Gasteiger partial charge is 0.324 e. The Kier molecular flexibility index (Phi) is 7.00. The molecule has 186 valence electrons. The molecule has 0 unspecified atom stereocenters. The molecule has 2 heterocycles. The number of halogens is 2. The summed E-state index contributed by atoms with van der Waals surface area (Å²) in [7, 11) is 0. The number of carbonyl (C=O) groups excluding carboxylic acids is 2. The highest BCUT2D eigenvalue weighted by atomic mass is 35.5. The average molecular weight is 528 g/mol. The van der Waals surface area contributed by atoms with Gasteiger partial charge in [-0.1, -0.05) is 49.1 Å². The van der Waals surface area contributed by atoms with Gasteiger partial charge in [-0.05, 0) is 49.4 Å². The number of aryl methyl sites for hydroxylation is 1. The predicted molar refractivity (Wildman–Crippen MR) is 138 cm³/mol. The second-order valence-electron chi connectivity index (χ2n) is 8.96. The van der Waals surface area contributed by atoms with E-state index < -0.39 is 11.9 Å². The Morgan fingerprint density at radius 3 is 2.11 bits per heavy atom. The fraction of sp³-hybridized carbons (Fsp3) is 0.208. The Labute approximate surface area is 217 Å². The number of anilines is 3. The van der Waals surface area contributed by atoms with E-state index in [9.17, 15) is 9.59 Å². The maximum Gasteiger partial charge on any atom is 0.324 e. The lowest BCUT2D eigenvalue weighted by atomic mass is 9.93. The first-order valence-electron chi connectivity index (χ1n) is 10.8. The first kappa shape index (κ1) is 25.2. The number of aromatic nitrogens is 4. The van der Waals surface area contributed by atoms with Crippen molar-refractivity contribution >= 4 is 52.3 Å². The van der Waals surface area contributed by atoms with E-state index >= 15 is 0 Å². The van der Waals surface area contributed by atoms with E-state index in [2.05, 4.69) is 31.2 Å². The van der Waals surface area contributed by atoms with Gasteiger partial charge >= 0.3 is 6.03 Å². The highest BCUT2D eigenvalue weighted by molar-refractivity contribution is 6.34. The zero-order valence-corrected chi connectivity index (χ0v) is 21.4. The number of carbonyl (C=O) groups is 2. The highest BCUT2D eigenvalue weighted by Crippen LogP contribution is 2.25. The number of urea groups is 1. The van der Waals surface area contributed by atoms with Crippen LogP contribution in [0.5, 0.6) is 0 Å². The molecule has 4 rings (SSSR count). The molecule has 0 spiro atoms. The molecule has 2 aromatic carbocycles. The molecule has 0 radical (unpaired) electrons. The van der Waals surface area contributed by atoms with Crippen LogP contribution in [-0.4, -0.2) is 31.9 Å². The van der Waals surface area contributed by atoms with Crippen LogP contribution in [0.2, 0.25) is 10.0 Å². The van der Waals surface area contributed by atoms with Crippen LogP contribution in [0, 0.1) is 6.92 Å². The van der Waals surface area contributed by atoms with Crippen LogP contribution in [-0.2, 0) is 5.41 Å². The first-order chi connectivity index (χ1) is 17.0. The van der Waals surface area contributed by atoms with Gasteiger partial charge in [0.1, 0.15) is 11.6 Å². The third-order valence-electron chi connectivity index (χ3n) is 4.96. The van der Waals surface area contributed by atoms with Crippen molar-refractivity contribution in [2.24, 2.45) is 0 Å². The molecule has 3 N–H and O–H groups in total. The van der Waals surface area contributed by atoms with Crippen molar-refractivity contribution in [3.8, 4) is 5.69 Å². The van der Waals surface area contributed by atoms with E-state index in [0.717, 1.165) is 0 Å². The van der Waals surface area contributed by atoms with E-state index in [1.165, 1.54) is 4.68 Å². The molecule has 0 fully saturated rings. The quantitative estimate of drug-likeness (QED) is 0.289. The Morgan fingerprint density at radius 1 is 0.917 bits per heavy atom. The summed E-state index contributed by atoms with van der Waals surface area (Å²) in [6.07, 6.45) is 0. The summed E-state index contributed by atoms with van der Waals surface area (Å²) in [5.41, 5.74) is 1.38. The molecule has 0 aliphatic rings. The zero-order chi connectivity index (χ0) is 26.0. The molecule has 0 bridgehead atoms. The normalized spacial score (nSPS) is 11.3. The summed E-state index contributed by atoms with van der Waals surface area (Å²) in [5, 5.41) is 17.0. The van der Waals surface area contributed by atoms with Crippen LogP contribution in [0.3, 0.4) is 0 Å². The van der Waals surface area contributed by atoms with Gasteiger partial charge in [-0.2, -0.15) is 0 Å². The van der Waals surface area contributed by atoms with Gasteiger partial charge in [-0.25, -0.2) is 14.5 Å². The largest absolute Gasteiger partial charge is 0.359 e. The second kappa shape index (κ2) is 10.00. The maximum atomic E-state index is 12.7. The summed E-state index contributed by atoms with van der Waals surface area (Å²) in [6, 6.07) is 12.7. The van der Waals surface area contributed by atoms with Gasteiger partial charge in [-0.15, -0.1) is 5.10 Å². The van der Waals surface area contributed by atoms with Crippen molar-refractivity contribution in [1.82, 2.24) is 19.9 Å². The van der Waals surface area contributed by atoms with Crippen molar-refractivity contribution < 1.29 is 14.1 Å². The van der Waals surface area contributed by atoms with Crippen molar-refractivity contribution in [2.45, 2.75) is 33.1 Å². The Hall–Kier alpha value is -3.89. The van der Waals surface area contributed by atoms with E-state index in [1.54, 1.807) is 55.5 Å². The topological polar surface area (TPSA) is 127 Å². The molecule has 2 aromatic heterocycles. The lowest BCUT2D eigenvalue weighted by Gasteiger charge is -2.12. The van der Waals surface area contributed by atoms with E-state index in [-0.39, 0.29) is 11.2 Å². The molecule has 0 atom stereocenters. The summed E-state index contributed by atoms with van der Waals surface area (Å²) in [6.45, 7) is 7.66. The molecule has 0 aliphatic heterocycles. The number of nitrogens with one attached hydrogen (secondary N) is 3. The Balaban J connectivity index is 1.37. The number of rotatable bonds is 5. The summed E-state index contributed by atoms with van der Waals surface area (Å²) >= 11 is 12.1. The fourth-order valence-corrected chi connectivity index (χ4v) is 3.70. The SMILES string of the molecule is Cc1nc(C(=O)Nc2ccc(NC(=O)Nc3cc(C(C)(C)C)on3)cc2)nn1-c1cc(Cl)cc(Cl)c1. The molecule has 0 saturated heterocycles. The molecule has 4 aromatic rings. The van der Waals surface area contributed by atoms with Crippen molar-refractivity contribution in [2.75, 3.05) is 16.0 Å². The lowest BCUT2D eigenvalue weighted by molar-refractivity contribution is 0.101. The molecular formula is C24H23Cl2N7O3. The van der Waals surface area contributed by atoms with Crippen molar-refractivity contribution in [3.63, 3.8) is 0 Å². The van der Waals surface area contributed by atoms with E-state index in [4.69, 9.17) is 27.7 Å². The zero-order valence-electron chi connectivity index (χ0n) is 19.9. The van der Waals surface area contributed by atoms with Gasteiger partial charge in [0.15, 0.2) is 5.82 Å². The molecule has 12 heteroatoms. The van der Waals surface area contributed by atoms with Crippen LogP contribution >= 0.6 is 23.2 Å². The molecule has 36 heavy (non-hydrogen) atoms. The van der Waals surface area contributed by atoms with Gasteiger partial charge in [0.25, 0.3) is 5.91 Å². The molecule has 10 nitrogen and oxygen atoms in total. The third kappa shape index (κ3) is 6.02. The predicted octanol–water partition coefficient (Wildman–Crippen LogP) is 6.06. The van der Waals surface area contributed by atoms with E-state index in [0.29, 0.717) is 44.5 Å². The summed E-state index contributed by atoms with van der Waals surface area (Å²) in [4.78, 5) is 29.2. The monoisotopic (exact) mass is 527 g/mol. The molecule has 3 amide bonds. The fourth-order valence-electron chi connectivity index (χ4n) is 3.18. The molecular weight excluding hydrogens is 505 g/mol. The second-order valence-corrected chi connectivity index (χ2v) is 9.83. The summed E-state index contributed by atoms with van der Waals surface area (Å²) in [5.74, 6) is 0.940. The van der Waals surface area contributed by atoms with Crippen molar-refractivity contribution in [3.05, 3.63) is 76.0 Å². The standard InChI is InChI=1S/C24H23Cl2N7O3/c1-13-27-21(31-33(13)18-10-14(25)9-15(26)11-18)22(34)28-16-5-7-17(8-6-16)29-23(35)30-20-12-19(36-32-20)24(2,3)4/h5-12H,1-4H3,(H,28,34)(H2,29,30,32,35). The minimum Gasteiger partial charge on any atom is -0.359 e. The van der Waals surface area contributed by atoms with Gasteiger partial charge < -0.3 is 15.2 Å². The van der Waals surface area contributed by atoms with Crippen LogP contribution in [0.25, 0.3) is 5.69 Å².